The van der Waals surface area contributed by atoms with E-state index in [2.05, 4.69) is 108 Å². The molecule has 1 aliphatic heterocycles. The molecular weight excluding hydrogens is 320 g/mol. The van der Waals surface area contributed by atoms with Crippen molar-refractivity contribution in [2.75, 3.05) is 23.9 Å². The van der Waals surface area contributed by atoms with E-state index in [1.807, 2.05) is 0 Å². The highest BCUT2D eigenvalue weighted by Crippen LogP contribution is 2.46. The van der Waals surface area contributed by atoms with E-state index in [1.54, 1.807) is 0 Å². The monoisotopic (exact) mass is 342 g/mol. The number of hydrogen-bond acceptors (Lipinski definition) is 2. The zero-order valence-electron chi connectivity index (χ0n) is 15.6. The number of rotatable bonds is 0. The Kier molecular flexibility index (Phi) is 3.02. The molecule has 0 fully saturated rings. The lowest BCUT2D eigenvalue weighted by molar-refractivity contribution is -0.658. The summed E-state index contributed by atoms with van der Waals surface area (Å²) in [5.41, 5.74) is 9.83. The Morgan fingerprint density at radius 3 is 1.35 bits per heavy atom. The van der Waals surface area contributed by atoms with Crippen LogP contribution in [0.1, 0.15) is 0 Å². The van der Waals surface area contributed by atoms with E-state index < -0.39 is 0 Å². The van der Waals surface area contributed by atoms with Gasteiger partial charge in [-0.05, 0) is 12.1 Å². The van der Waals surface area contributed by atoms with Gasteiger partial charge in [-0.15, -0.1) is 0 Å². The molecule has 0 N–H and O–H groups in total. The summed E-state index contributed by atoms with van der Waals surface area (Å²) in [6, 6.07) is 21.7. The molecule has 0 radical (unpaired) electrons. The zero-order valence-corrected chi connectivity index (χ0v) is 15.6. The lowest BCUT2D eigenvalue weighted by Gasteiger charge is -2.36. The second-order valence-electron chi connectivity index (χ2n) is 7.04. The van der Waals surface area contributed by atoms with Crippen LogP contribution in [-0.4, -0.2) is 14.1 Å². The quantitative estimate of drug-likeness (QED) is 0.359. The molecule has 4 aromatic rings. The highest BCUT2D eigenvalue weighted by molar-refractivity contribution is 5.97. The number of nitrogens with zero attached hydrogens (tertiary/aromatic N) is 4. The molecule has 0 unspecified atom stereocenters. The Morgan fingerprint density at radius 1 is 0.538 bits per heavy atom. The van der Waals surface area contributed by atoms with Gasteiger partial charge in [-0.25, -0.2) is 0 Å². The van der Waals surface area contributed by atoms with Gasteiger partial charge in [-0.1, -0.05) is 24.3 Å². The highest BCUT2D eigenvalue weighted by Gasteiger charge is 2.30. The van der Waals surface area contributed by atoms with Gasteiger partial charge in [0, 0.05) is 38.4 Å². The Labute approximate surface area is 153 Å². The first-order chi connectivity index (χ1) is 12.6. The number of aromatic nitrogens is 2. The average molecular weight is 342 g/mol. The van der Waals surface area contributed by atoms with E-state index in [4.69, 9.17) is 0 Å². The number of fused-ring (bicyclic) bond motifs is 4. The molecule has 0 saturated carbocycles. The van der Waals surface area contributed by atoms with Crippen LogP contribution in [0.4, 0.5) is 22.7 Å². The molecular formula is C22H22N4+2. The van der Waals surface area contributed by atoms with Gasteiger partial charge in [0.05, 0.1) is 22.7 Å². The maximum Gasteiger partial charge on any atom is 0.280 e. The van der Waals surface area contributed by atoms with E-state index in [0.717, 1.165) is 0 Å². The molecule has 0 aliphatic carbocycles. The zero-order chi connectivity index (χ0) is 18.0. The van der Waals surface area contributed by atoms with Crippen molar-refractivity contribution in [1.29, 1.82) is 0 Å². The van der Waals surface area contributed by atoms with Crippen molar-refractivity contribution in [2.24, 2.45) is 14.1 Å². The summed E-state index contributed by atoms with van der Waals surface area (Å²) < 4.78 is 4.58. The summed E-state index contributed by atoms with van der Waals surface area (Å²) in [6.45, 7) is 0. The minimum absolute atomic E-state index is 1.23. The maximum absolute atomic E-state index is 2.31. The Balaban J connectivity index is 1.89. The van der Waals surface area contributed by atoms with Crippen molar-refractivity contribution < 1.29 is 9.13 Å². The van der Waals surface area contributed by atoms with E-state index >= 15 is 0 Å². The van der Waals surface area contributed by atoms with Crippen LogP contribution >= 0.6 is 0 Å². The van der Waals surface area contributed by atoms with E-state index in [9.17, 15) is 0 Å². The first-order valence-electron chi connectivity index (χ1n) is 8.89. The molecule has 0 bridgehead atoms. The predicted octanol–water partition coefficient (Wildman–Crippen LogP) is 3.49. The highest BCUT2D eigenvalue weighted by atomic mass is 15.2. The van der Waals surface area contributed by atoms with Gasteiger partial charge in [0.15, 0.2) is 0 Å². The van der Waals surface area contributed by atoms with Crippen LogP contribution in [0, 0.1) is 0 Å². The average Bonchev–Trinajstić information content (AvgIpc) is 2.69. The molecule has 128 valence electrons. The minimum Gasteiger partial charge on any atom is -0.341 e. The van der Waals surface area contributed by atoms with Crippen molar-refractivity contribution in [3.8, 4) is 0 Å². The van der Waals surface area contributed by atoms with Crippen molar-refractivity contribution in [1.82, 2.24) is 0 Å². The number of aryl methyl sites for hydroxylation is 2. The summed E-state index contributed by atoms with van der Waals surface area (Å²) in [5, 5.41) is 0. The van der Waals surface area contributed by atoms with Crippen molar-refractivity contribution >= 4 is 44.8 Å². The van der Waals surface area contributed by atoms with Gasteiger partial charge < -0.3 is 9.80 Å². The SMILES string of the molecule is CN1c2ccccc2N(C)c2cc3c(cc21)[n+](C)c1ccccc1[n+]3C. The molecule has 0 atom stereocenters. The van der Waals surface area contributed by atoms with E-state index in [-0.39, 0.29) is 0 Å². The third kappa shape index (κ3) is 1.84. The van der Waals surface area contributed by atoms with Gasteiger partial charge in [-0.2, -0.15) is 9.13 Å². The lowest BCUT2D eigenvalue weighted by Crippen LogP contribution is -2.41. The molecule has 1 aromatic heterocycles. The van der Waals surface area contributed by atoms with Crippen molar-refractivity contribution in [3.05, 3.63) is 60.7 Å². The maximum atomic E-state index is 2.31. The molecule has 2 heterocycles. The van der Waals surface area contributed by atoms with Crippen LogP contribution in [0.25, 0.3) is 22.1 Å². The van der Waals surface area contributed by atoms with Crippen LogP contribution in [0.15, 0.2) is 60.7 Å². The Bertz CT molecular complexity index is 1100. The lowest BCUT2D eigenvalue weighted by atomic mass is 10.1. The van der Waals surface area contributed by atoms with Crippen LogP contribution in [-0.2, 0) is 14.1 Å². The molecule has 0 amide bonds. The number of hydrogen-bond donors (Lipinski definition) is 0. The van der Waals surface area contributed by atoms with Gasteiger partial charge in [0.25, 0.3) is 22.1 Å². The van der Waals surface area contributed by atoms with Gasteiger partial charge in [-0.3, -0.25) is 0 Å². The largest absolute Gasteiger partial charge is 0.341 e. The van der Waals surface area contributed by atoms with Gasteiger partial charge >= 0.3 is 0 Å². The van der Waals surface area contributed by atoms with Crippen LogP contribution in [0.5, 0.6) is 0 Å². The Morgan fingerprint density at radius 2 is 0.923 bits per heavy atom. The van der Waals surface area contributed by atoms with E-state index in [0.29, 0.717) is 0 Å². The van der Waals surface area contributed by atoms with Crippen LogP contribution < -0.4 is 18.9 Å². The molecule has 4 nitrogen and oxygen atoms in total. The fraction of sp³-hybridized carbons (Fsp3) is 0.182. The second-order valence-corrected chi connectivity index (χ2v) is 7.04. The number of para-hydroxylation sites is 4. The fourth-order valence-corrected chi connectivity index (χ4v) is 4.21. The molecule has 0 saturated heterocycles. The summed E-state index contributed by atoms with van der Waals surface area (Å²) in [4.78, 5) is 4.58. The third-order valence-corrected chi connectivity index (χ3v) is 5.73. The molecule has 4 heteroatoms. The summed E-state index contributed by atoms with van der Waals surface area (Å²) in [7, 11) is 8.60. The molecule has 1 aliphatic rings. The molecule has 0 spiro atoms. The summed E-state index contributed by atoms with van der Waals surface area (Å²) >= 11 is 0. The topological polar surface area (TPSA) is 14.2 Å². The molecule has 26 heavy (non-hydrogen) atoms. The minimum atomic E-state index is 1.23. The normalized spacial score (nSPS) is 13.2. The second kappa shape index (κ2) is 5.18. The number of benzene rings is 3. The first kappa shape index (κ1) is 15.1. The van der Waals surface area contributed by atoms with Crippen LogP contribution in [0.2, 0.25) is 0 Å². The smallest absolute Gasteiger partial charge is 0.280 e. The van der Waals surface area contributed by atoms with Gasteiger partial charge in [0.2, 0.25) is 0 Å². The molecule has 3 aromatic carbocycles. The van der Waals surface area contributed by atoms with Crippen molar-refractivity contribution in [2.45, 2.75) is 0 Å². The Hall–Kier alpha value is -3.14. The third-order valence-electron chi connectivity index (χ3n) is 5.73. The number of anilines is 4. The first-order valence-corrected chi connectivity index (χ1v) is 8.89. The van der Waals surface area contributed by atoms with E-state index in [1.165, 1.54) is 44.8 Å². The van der Waals surface area contributed by atoms with Crippen molar-refractivity contribution in [3.63, 3.8) is 0 Å². The van der Waals surface area contributed by atoms with Crippen LogP contribution in [0.3, 0.4) is 0 Å². The molecule has 5 rings (SSSR count). The summed E-state index contributed by atoms with van der Waals surface area (Å²) in [6.07, 6.45) is 0. The van der Waals surface area contributed by atoms with Gasteiger partial charge in [0.1, 0.15) is 14.1 Å². The predicted molar refractivity (Wildman–Crippen MR) is 106 cm³/mol. The summed E-state index contributed by atoms with van der Waals surface area (Å²) in [5.74, 6) is 0. The fourth-order valence-electron chi connectivity index (χ4n) is 4.21. The standard InChI is InChI=1S/C22H22N4/c1-23-15-9-5-6-10-16(15)24(2)20-14-22-21(13-19(20)23)25(3)17-11-7-8-12-18(17)26(22)4/h5-14H,1-4H3/q+2.